The van der Waals surface area contributed by atoms with E-state index >= 15 is 0 Å². The van der Waals surface area contributed by atoms with Crippen LogP contribution >= 0.6 is 0 Å². The maximum atomic E-state index is 11.8. The summed E-state index contributed by atoms with van der Waals surface area (Å²) < 4.78 is 10.6. The number of methoxy groups -OCH3 is 1. The van der Waals surface area contributed by atoms with Gasteiger partial charge in [0.2, 0.25) is 11.8 Å². The molecule has 0 bridgehead atoms. The van der Waals surface area contributed by atoms with Gasteiger partial charge in [0.05, 0.1) is 0 Å². The third-order valence-electron chi connectivity index (χ3n) is 2.51. The fourth-order valence-corrected chi connectivity index (χ4v) is 1.69. The molecule has 0 atom stereocenters. The van der Waals surface area contributed by atoms with E-state index in [0.29, 0.717) is 5.69 Å². The molecule has 1 heterocycles. The first kappa shape index (κ1) is 14.0. The van der Waals surface area contributed by atoms with E-state index in [4.69, 9.17) is 9.15 Å². The van der Waals surface area contributed by atoms with Gasteiger partial charge in [-0.3, -0.25) is 4.79 Å². The maximum Gasteiger partial charge on any atom is 0.437 e. The predicted molar refractivity (Wildman–Crippen MR) is 71.3 cm³/mol. The van der Waals surface area contributed by atoms with Crippen LogP contribution in [0.25, 0.3) is 0 Å². The lowest BCUT2D eigenvalue weighted by Crippen LogP contribution is -2.25. The van der Waals surface area contributed by atoms with E-state index < -0.39 is 5.76 Å². The number of ether oxygens (including phenoxy) is 1. The van der Waals surface area contributed by atoms with E-state index in [1.54, 1.807) is 6.07 Å². The van der Waals surface area contributed by atoms with Crippen molar-refractivity contribution in [3.05, 3.63) is 46.3 Å². The Morgan fingerprint density at radius 3 is 3.00 bits per heavy atom. The van der Waals surface area contributed by atoms with Gasteiger partial charge in [0, 0.05) is 12.8 Å². The van der Waals surface area contributed by atoms with E-state index in [1.165, 1.54) is 7.11 Å². The van der Waals surface area contributed by atoms with E-state index in [0.717, 1.165) is 10.2 Å². The van der Waals surface area contributed by atoms with Gasteiger partial charge in [-0.1, -0.05) is 12.1 Å². The molecule has 0 fully saturated rings. The largest absolute Gasteiger partial charge is 0.437 e. The third kappa shape index (κ3) is 3.55. The molecular weight excluding hydrogens is 262 g/mol. The van der Waals surface area contributed by atoms with Gasteiger partial charge in [-0.15, -0.1) is 5.10 Å². The Kier molecular flexibility index (Phi) is 4.31. The first-order valence-electron chi connectivity index (χ1n) is 6.01. The lowest BCUT2D eigenvalue weighted by atomic mass is 10.2. The molecule has 1 aromatic heterocycles. The van der Waals surface area contributed by atoms with Crippen LogP contribution in [0.5, 0.6) is 0 Å². The smallest absolute Gasteiger partial charge is 0.390 e. The molecule has 0 aliphatic rings. The van der Waals surface area contributed by atoms with Crippen LogP contribution in [-0.4, -0.2) is 22.8 Å². The Balaban J connectivity index is 2.03. The lowest BCUT2D eigenvalue weighted by molar-refractivity contribution is -0.117. The Hall–Kier alpha value is -2.41. The van der Waals surface area contributed by atoms with Gasteiger partial charge in [-0.25, -0.2) is 4.79 Å². The zero-order chi connectivity index (χ0) is 14.5. The average Bonchev–Trinajstić information content (AvgIpc) is 2.70. The van der Waals surface area contributed by atoms with E-state index in [-0.39, 0.29) is 24.9 Å². The fraction of sp³-hybridized carbons (Fsp3) is 0.308. The molecule has 2 rings (SSSR count). The number of aryl methyl sites for hydroxylation is 1. The molecule has 0 aliphatic heterocycles. The third-order valence-corrected chi connectivity index (χ3v) is 2.51. The minimum absolute atomic E-state index is 0.0851. The van der Waals surface area contributed by atoms with Crippen LogP contribution in [-0.2, 0) is 22.7 Å². The van der Waals surface area contributed by atoms with E-state index in [1.807, 2.05) is 25.1 Å². The standard InChI is InChI=1S/C13H15N3O4/c1-9-4-3-5-10(6-9)14-11(17)7-16-13(18)20-12(15-16)8-19-2/h3-6H,7-8H2,1-2H3,(H,14,17). The van der Waals surface area contributed by atoms with Crippen LogP contribution in [0.2, 0.25) is 0 Å². The molecule has 0 aliphatic carbocycles. The minimum Gasteiger partial charge on any atom is -0.390 e. The molecule has 0 saturated heterocycles. The predicted octanol–water partition coefficient (Wildman–Crippen LogP) is 0.930. The first-order chi connectivity index (χ1) is 9.58. The number of carbonyl (C=O) groups excluding carboxylic acids is 1. The van der Waals surface area contributed by atoms with Crippen LogP contribution in [0.15, 0.2) is 33.5 Å². The van der Waals surface area contributed by atoms with Gasteiger partial charge in [-0.05, 0) is 24.6 Å². The number of carbonyl (C=O) groups is 1. The lowest BCUT2D eigenvalue weighted by Gasteiger charge is -2.04. The number of amides is 1. The Bertz CT molecular complexity index is 660. The fourth-order valence-electron chi connectivity index (χ4n) is 1.69. The van der Waals surface area contributed by atoms with Gasteiger partial charge < -0.3 is 14.5 Å². The number of anilines is 1. The number of nitrogens with one attached hydrogen (secondary N) is 1. The van der Waals surface area contributed by atoms with Gasteiger partial charge in [0.15, 0.2) is 0 Å². The normalized spacial score (nSPS) is 10.5. The van der Waals surface area contributed by atoms with Crippen molar-refractivity contribution in [3.63, 3.8) is 0 Å². The highest BCUT2D eigenvalue weighted by Gasteiger charge is 2.11. The van der Waals surface area contributed by atoms with Crippen molar-refractivity contribution in [2.75, 3.05) is 12.4 Å². The molecule has 106 valence electrons. The highest BCUT2D eigenvalue weighted by atomic mass is 16.5. The van der Waals surface area contributed by atoms with Crippen LogP contribution in [0.1, 0.15) is 11.5 Å². The van der Waals surface area contributed by atoms with Gasteiger partial charge in [-0.2, -0.15) is 4.68 Å². The summed E-state index contributed by atoms with van der Waals surface area (Å²) in [5.74, 6) is -0.896. The zero-order valence-electron chi connectivity index (χ0n) is 11.3. The molecule has 1 N–H and O–H groups in total. The molecule has 0 radical (unpaired) electrons. The summed E-state index contributed by atoms with van der Waals surface area (Å²) in [5, 5.41) is 6.54. The quantitative estimate of drug-likeness (QED) is 0.878. The zero-order valence-corrected chi connectivity index (χ0v) is 11.3. The summed E-state index contributed by atoms with van der Waals surface area (Å²) in [5.41, 5.74) is 1.70. The monoisotopic (exact) mass is 277 g/mol. The molecule has 0 unspecified atom stereocenters. The summed E-state index contributed by atoms with van der Waals surface area (Å²) >= 11 is 0. The van der Waals surface area contributed by atoms with E-state index in [9.17, 15) is 9.59 Å². The Morgan fingerprint density at radius 2 is 2.30 bits per heavy atom. The average molecular weight is 277 g/mol. The number of aromatic nitrogens is 2. The summed E-state index contributed by atoms with van der Waals surface area (Å²) in [6.45, 7) is 1.80. The highest BCUT2D eigenvalue weighted by molar-refractivity contribution is 5.90. The van der Waals surface area contributed by atoms with Crippen molar-refractivity contribution in [1.82, 2.24) is 9.78 Å². The summed E-state index contributed by atoms with van der Waals surface area (Å²) in [7, 11) is 1.46. The molecule has 0 saturated carbocycles. The maximum absolute atomic E-state index is 11.8. The summed E-state index contributed by atoms with van der Waals surface area (Å²) in [6.07, 6.45) is 0. The van der Waals surface area contributed by atoms with Crippen molar-refractivity contribution in [1.29, 1.82) is 0 Å². The second-order valence-corrected chi connectivity index (χ2v) is 4.27. The van der Waals surface area contributed by atoms with Crippen molar-refractivity contribution in [2.45, 2.75) is 20.1 Å². The SMILES string of the molecule is COCc1nn(CC(=O)Nc2cccc(C)c2)c(=O)o1. The second kappa shape index (κ2) is 6.16. The van der Waals surface area contributed by atoms with Crippen LogP contribution in [0.3, 0.4) is 0 Å². The second-order valence-electron chi connectivity index (χ2n) is 4.27. The van der Waals surface area contributed by atoms with Crippen molar-refractivity contribution in [3.8, 4) is 0 Å². The van der Waals surface area contributed by atoms with Crippen LogP contribution in [0.4, 0.5) is 5.69 Å². The summed E-state index contributed by atoms with van der Waals surface area (Å²) in [4.78, 5) is 23.3. The number of rotatable bonds is 5. The number of nitrogens with zero attached hydrogens (tertiary/aromatic N) is 2. The van der Waals surface area contributed by atoms with Crippen molar-refractivity contribution < 1.29 is 13.9 Å². The molecular formula is C13H15N3O4. The molecule has 7 nitrogen and oxygen atoms in total. The molecule has 1 aromatic carbocycles. The van der Waals surface area contributed by atoms with E-state index in [2.05, 4.69) is 10.4 Å². The van der Waals surface area contributed by atoms with Gasteiger partial charge in [0.25, 0.3) is 0 Å². The molecule has 7 heteroatoms. The first-order valence-corrected chi connectivity index (χ1v) is 6.01. The molecule has 1 amide bonds. The van der Waals surface area contributed by atoms with Crippen molar-refractivity contribution in [2.24, 2.45) is 0 Å². The van der Waals surface area contributed by atoms with Crippen LogP contribution < -0.4 is 11.1 Å². The summed E-state index contributed by atoms with van der Waals surface area (Å²) in [6, 6.07) is 7.37. The number of hydrogen-bond donors (Lipinski definition) is 1. The Morgan fingerprint density at radius 1 is 1.50 bits per heavy atom. The minimum atomic E-state index is -0.684. The number of benzene rings is 1. The van der Waals surface area contributed by atoms with Crippen LogP contribution in [0, 0.1) is 6.92 Å². The molecule has 20 heavy (non-hydrogen) atoms. The number of hydrogen-bond acceptors (Lipinski definition) is 5. The Labute approximate surface area is 115 Å². The molecule has 2 aromatic rings. The van der Waals surface area contributed by atoms with Crippen molar-refractivity contribution >= 4 is 11.6 Å². The topological polar surface area (TPSA) is 86.4 Å². The van der Waals surface area contributed by atoms with Gasteiger partial charge in [0.1, 0.15) is 13.2 Å². The highest BCUT2D eigenvalue weighted by Crippen LogP contribution is 2.09. The van der Waals surface area contributed by atoms with Gasteiger partial charge >= 0.3 is 5.76 Å². The molecule has 0 spiro atoms.